The fourth-order valence-corrected chi connectivity index (χ4v) is 4.61. The number of benzene rings is 1. The number of fused-ring (bicyclic) bond motifs is 3. The van der Waals surface area contributed by atoms with E-state index in [4.69, 9.17) is 11.0 Å². The van der Waals surface area contributed by atoms with Crippen LogP contribution in [0, 0.1) is 11.3 Å². The fraction of sp³-hybridized carbons (Fsp3) is 0.154. The van der Waals surface area contributed by atoms with E-state index in [2.05, 4.69) is 30.3 Å². The average Bonchev–Trinajstić information content (AvgIpc) is 2.67. The van der Waals surface area contributed by atoms with E-state index < -0.39 is 0 Å². The van der Waals surface area contributed by atoms with E-state index in [-0.39, 0.29) is 14.5 Å². The van der Waals surface area contributed by atoms with Crippen LogP contribution >= 0.6 is 0 Å². The molecule has 1 aliphatic rings. The van der Waals surface area contributed by atoms with Gasteiger partial charge in [0.05, 0.1) is 0 Å². The molecule has 2 nitrogen and oxygen atoms in total. The normalized spacial score (nSPS) is 12.7. The molecule has 1 aromatic heterocycles. The number of aryl methyl sites for hydroxylation is 1. The van der Waals surface area contributed by atoms with Gasteiger partial charge in [0.1, 0.15) is 0 Å². The van der Waals surface area contributed by atoms with Crippen molar-refractivity contribution in [2.75, 3.05) is 5.73 Å². The monoisotopic (exact) mass is 274 g/mol. The van der Waals surface area contributed by atoms with Crippen molar-refractivity contribution in [3.63, 3.8) is 0 Å². The van der Waals surface area contributed by atoms with Gasteiger partial charge in [-0.3, -0.25) is 0 Å². The topological polar surface area (TPSA) is 49.8 Å². The Morgan fingerprint density at radius 2 is 2.06 bits per heavy atom. The van der Waals surface area contributed by atoms with Gasteiger partial charge >= 0.3 is 99.9 Å². The molecule has 3 heteroatoms. The predicted octanol–water partition coefficient (Wildman–Crippen LogP) is 1.96. The van der Waals surface area contributed by atoms with Gasteiger partial charge in [0.2, 0.25) is 0 Å². The van der Waals surface area contributed by atoms with Crippen molar-refractivity contribution in [2.24, 2.45) is 0 Å². The van der Waals surface area contributed by atoms with Gasteiger partial charge in [-0.25, -0.2) is 0 Å². The maximum absolute atomic E-state index is 9.03. The summed E-state index contributed by atoms with van der Waals surface area (Å²) in [6.45, 7) is 0. The summed E-state index contributed by atoms with van der Waals surface area (Å²) in [4.78, 5) is 0. The molecule has 78 valence electrons. The first-order chi connectivity index (χ1) is 7.81. The molecule has 0 saturated heterocycles. The van der Waals surface area contributed by atoms with Crippen molar-refractivity contribution in [1.29, 1.82) is 5.26 Å². The van der Waals surface area contributed by atoms with Crippen LogP contribution in [-0.2, 0) is 12.8 Å². The summed E-state index contributed by atoms with van der Waals surface area (Å²) < 4.78 is 2.14. The minimum absolute atomic E-state index is 0.116. The second kappa shape index (κ2) is 3.52. The van der Waals surface area contributed by atoms with Gasteiger partial charge in [0.25, 0.3) is 0 Å². The van der Waals surface area contributed by atoms with Crippen molar-refractivity contribution in [3.05, 3.63) is 39.8 Å². The van der Waals surface area contributed by atoms with Crippen molar-refractivity contribution >= 4 is 20.2 Å². The Labute approximate surface area is 100 Å². The maximum atomic E-state index is 9.03. The van der Waals surface area contributed by atoms with Crippen molar-refractivity contribution < 1.29 is 0 Å². The van der Waals surface area contributed by atoms with Gasteiger partial charge in [-0.15, -0.1) is 0 Å². The van der Waals surface area contributed by atoms with E-state index in [1.165, 1.54) is 21.1 Å². The zero-order chi connectivity index (χ0) is 11.1. The summed E-state index contributed by atoms with van der Waals surface area (Å²) in [5.41, 5.74) is 10.7. The second-order valence-electron chi connectivity index (χ2n) is 3.92. The molecule has 0 amide bonds. The molecule has 1 aliphatic carbocycles. The second-order valence-corrected chi connectivity index (χ2v) is 6.06. The Balaban J connectivity index is 2.30. The Morgan fingerprint density at radius 3 is 2.88 bits per heavy atom. The van der Waals surface area contributed by atoms with Crippen LogP contribution in [0.15, 0.2) is 24.3 Å². The summed E-state index contributed by atoms with van der Waals surface area (Å²) in [6, 6.07) is 10.7. The molecule has 0 radical (unpaired) electrons. The van der Waals surface area contributed by atoms with E-state index in [1.54, 1.807) is 0 Å². The average molecular weight is 273 g/mol. The Kier molecular flexibility index (Phi) is 2.14. The first-order valence-corrected chi connectivity index (χ1v) is 6.92. The van der Waals surface area contributed by atoms with Crippen LogP contribution in [0.2, 0.25) is 0 Å². The molecule has 1 heterocycles. The number of hydrogen-bond acceptors (Lipinski definition) is 2. The van der Waals surface area contributed by atoms with E-state index >= 15 is 0 Å². The Morgan fingerprint density at radius 1 is 1.25 bits per heavy atom. The van der Waals surface area contributed by atoms with Crippen molar-refractivity contribution in [2.45, 2.75) is 12.8 Å². The number of hydrogen-bond donors (Lipinski definition) is 1. The van der Waals surface area contributed by atoms with Gasteiger partial charge < -0.3 is 0 Å². The SMILES string of the molecule is N#Cc1[se]c2c(c1N)CCc1ccccc1-2. The Hall–Kier alpha value is -1.49. The number of nitrogen functional groups attached to an aromatic ring is 1. The first kappa shape index (κ1) is 9.72. The molecule has 16 heavy (non-hydrogen) atoms. The van der Waals surface area contributed by atoms with Crippen LogP contribution in [0.1, 0.15) is 15.6 Å². The van der Waals surface area contributed by atoms with Gasteiger partial charge in [-0.05, 0) is 0 Å². The van der Waals surface area contributed by atoms with Crippen LogP contribution in [0.3, 0.4) is 0 Å². The molecule has 0 spiro atoms. The number of anilines is 1. The summed E-state index contributed by atoms with van der Waals surface area (Å²) in [7, 11) is 0. The standard InChI is InChI=1S/C13H10N2Se/c14-7-11-12(15)10-6-5-8-3-1-2-4-9(8)13(10)16-11/h1-4H,5-6,15H2. The van der Waals surface area contributed by atoms with Crippen molar-refractivity contribution in [3.8, 4) is 16.1 Å². The molecule has 0 bridgehead atoms. The molecule has 0 unspecified atom stereocenters. The van der Waals surface area contributed by atoms with E-state index in [1.807, 2.05) is 0 Å². The third-order valence-electron chi connectivity index (χ3n) is 3.06. The number of nitrogens with two attached hydrogens (primary N) is 1. The molecule has 0 saturated carbocycles. The molecule has 0 atom stereocenters. The first-order valence-electron chi connectivity index (χ1n) is 5.20. The zero-order valence-electron chi connectivity index (χ0n) is 8.66. The quantitative estimate of drug-likeness (QED) is 0.746. The van der Waals surface area contributed by atoms with Crippen LogP contribution < -0.4 is 5.73 Å². The third-order valence-corrected chi connectivity index (χ3v) is 5.54. The van der Waals surface area contributed by atoms with Crippen molar-refractivity contribution in [1.82, 2.24) is 0 Å². The van der Waals surface area contributed by atoms with Gasteiger partial charge in [-0.2, -0.15) is 0 Å². The molecule has 1 aromatic carbocycles. The fourth-order valence-electron chi connectivity index (χ4n) is 2.25. The molecule has 0 aliphatic heterocycles. The molecule has 2 N–H and O–H groups in total. The number of rotatable bonds is 0. The van der Waals surface area contributed by atoms with E-state index in [9.17, 15) is 0 Å². The summed E-state index contributed by atoms with van der Waals surface area (Å²) in [6.07, 6.45) is 2.04. The summed E-state index contributed by atoms with van der Waals surface area (Å²) in [5, 5.41) is 9.03. The van der Waals surface area contributed by atoms with Crippen LogP contribution in [0.25, 0.3) is 10.0 Å². The molecule has 2 aromatic rings. The molecule has 3 rings (SSSR count). The van der Waals surface area contributed by atoms with Crippen LogP contribution in [0.5, 0.6) is 0 Å². The summed E-state index contributed by atoms with van der Waals surface area (Å²) >= 11 is 0.116. The Bertz CT molecular complexity index is 605. The molecule has 0 fully saturated rings. The van der Waals surface area contributed by atoms with Crippen LogP contribution in [-0.4, -0.2) is 14.5 Å². The summed E-state index contributed by atoms with van der Waals surface area (Å²) in [5.74, 6) is 0. The predicted molar refractivity (Wildman–Crippen MR) is 65.4 cm³/mol. The van der Waals surface area contributed by atoms with Gasteiger partial charge in [0.15, 0.2) is 0 Å². The van der Waals surface area contributed by atoms with E-state index in [0.29, 0.717) is 0 Å². The minimum atomic E-state index is 0.116. The van der Waals surface area contributed by atoms with Gasteiger partial charge in [0, 0.05) is 0 Å². The zero-order valence-corrected chi connectivity index (χ0v) is 10.4. The van der Waals surface area contributed by atoms with Gasteiger partial charge in [-0.1, -0.05) is 0 Å². The van der Waals surface area contributed by atoms with E-state index in [0.717, 1.165) is 23.0 Å². The number of nitrogens with zero attached hydrogens (tertiary/aromatic N) is 1. The molecular formula is C13H10N2Se. The third kappa shape index (κ3) is 1.24. The molecular weight excluding hydrogens is 263 g/mol. The van der Waals surface area contributed by atoms with Crippen LogP contribution in [0.4, 0.5) is 5.69 Å². The number of nitriles is 1.